The molecule has 1 atom stereocenters. The van der Waals surface area contributed by atoms with Crippen molar-refractivity contribution in [2.24, 2.45) is 0 Å². The van der Waals surface area contributed by atoms with E-state index in [1.165, 1.54) is 0 Å². The van der Waals surface area contributed by atoms with Crippen LogP contribution < -0.4 is 10.1 Å². The lowest BCUT2D eigenvalue weighted by molar-refractivity contribution is 0.0659. The minimum atomic E-state index is 0.215. The summed E-state index contributed by atoms with van der Waals surface area (Å²) in [4.78, 5) is 8.54. The number of hydrogen-bond donors (Lipinski definition) is 1. The molecule has 19 heavy (non-hydrogen) atoms. The Morgan fingerprint density at radius 2 is 2.32 bits per heavy atom. The van der Waals surface area contributed by atoms with E-state index in [-0.39, 0.29) is 6.10 Å². The topological polar surface area (TPSA) is 56.3 Å². The van der Waals surface area contributed by atoms with E-state index in [1.807, 2.05) is 0 Å². The first-order chi connectivity index (χ1) is 9.35. The van der Waals surface area contributed by atoms with Gasteiger partial charge in [0.05, 0.1) is 11.7 Å². The average molecular weight is 265 g/mol. The number of rotatable bonds is 7. The molecule has 1 N–H and O–H groups in total. The molecular weight excluding hydrogens is 242 g/mol. The lowest BCUT2D eigenvalue weighted by Crippen LogP contribution is -2.18. The van der Waals surface area contributed by atoms with Crippen LogP contribution in [-0.4, -0.2) is 35.8 Å². The predicted molar refractivity (Wildman–Crippen MR) is 74.7 cm³/mol. The lowest BCUT2D eigenvalue weighted by Gasteiger charge is -2.15. The Labute approximate surface area is 114 Å². The van der Waals surface area contributed by atoms with Crippen molar-refractivity contribution in [3.63, 3.8) is 0 Å². The molecule has 2 heterocycles. The van der Waals surface area contributed by atoms with Crippen molar-refractivity contribution in [2.75, 3.05) is 25.1 Å². The summed E-state index contributed by atoms with van der Waals surface area (Å²) in [6, 6.07) is 0. The van der Waals surface area contributed by atoms with Gasteiger partial charge in [-0.3, -0.25) is 0 Å². The van der Waals surface area contributed by atoms with Gasteiger partial charge < -0.3 is 14.8 Å². The van der Waals surface area contributed by atoms with Crippen LogP contribution in [0.4, 0.5) is 5.82 Å². The van der Waals surface area contributed by atoms with Gasteiger partial charge in [-0.2, -0.15) is 0 Å². The minimum Gasteiger partial charge on any atom is -0.475 e. The number of nitrogens with one attached hydrogen (secondary N) is 1. The summed E-state index contributed by atoms with van der Waals surface area (Å²) in [7, 11) is 0. The first-order valence-corrected chi connectivity index (χ1v) is 7.17. The molecule has 0 amide bonds. The summed E-state index contributed by atoms with van der Waals surface area (Å²) in [6.07, 6.45) is 5.90. The van der Waals surface area contributed by atoms with Crippen molar-refractivity contribution in [3.05, 3.63) is 11.9 Å². The summed E-state index contributed by atoms with van der Waals surface area (Å²) in [5.74, 6) is 1.58. The molecular formula is C14H23N3O2. The standard InChI is InChI=1S/C14H23N3O2/c1-3-7-15-13-12(4-2)14(17-10-16-13)19-9-11-6-5-8-18-11/h10-11H,3-9H2,1-2H3,(H,15,16,17). The third-order valence-corrected chi connectivity index (χ3v) is 3.23. The SMILES string of the molecule is CCCNc1ncnc(OCC2CCCO2)c1CC. The zero-order valence-corrected chi connectivity index (χ0v) is 11.8. The van der Waals surface area contributed by atoms with Crippen molar-refractivity contribution in [1.82, 2.24) is 9.97 Å². The van der Waals surface area contributed by atoms with Gasteiger partial charge in [0.1, 0.15) is 18.8 Å². The van der Waals surface area contributed by atoms with Crippen LogP contribution in [0.5, 0.6) is 5.88 Å². The Balaban J connectivity index is 2.01. The first-order valence-electron chi connectivity index (χ1n) is 7.17. The van der Waals surface area contributed by atoms with Gasteiger partial charge in [0, 0.05) is 13.2 Å². The highest BCUT2D eigenvalue weighted by Crippen LogP contribution is 2.23. The second kappa shape index (κ2) is 7.28. The second-order valence-electron chi connectivity index (χ2n) is 4.73. The summed E-state index contributed by atoms with van der Waals surface area (Å²) >= 11 is 0. The second-order valence-corrected chi connectivity index (χ2v) is 4.73. The fourth-order valence-electron chi connectivity index (χ4n) is 2.18. The average Bonchev–Trinajstić information content (AvgIpc) is 2.96. The predicted octanol–water partition coefficient (Wildman–Crippen LogP) is 2.42. The number of aromatic nitrogens is 2. The van der Waals surface area contributed by atoms with Crippen LogP contribution in [0.25, 0.3) is 0 Å². The Kier molecular flexibility index (Phi) is 5.39. The Hall–Kier alpha value is -1.36. The van der Waals surface area contributed by atoms with Crippen molar-refractivity contribution in [3.8, 4) is 5.88 Å². The maximum absolute atomic E-state index is 5.82. The monoisotopic (exact) mass is 265 g/mol. The fraction of sp³-hybridized carbons (Fsp3) is 0.714. The molecule has 5 heteroatoms. The number of hydrogen-bond acceptors (Lipinski definition) is 5. The maximum Gasteiger partial charge on any atom is 0.221 e. The first kappa shape index (κ1) is 14.1. The molecule has 1 unspecified atom stereocenters. The van der Waals surface area contributed by atoms with Crippen LogP contribution in [0.1, 0.15) is 38.7 Å². The van der Waals surface area contributed by atoms with Crippen LogP contribution in [0.3, 0.4) is 0 Å². The fourth-order valence-corrected chi connectivity index (χ4v) is 2.18. The van der Waals surface area contributed by atoms with Crippen LogP contribution in [-0.2, 0) is 11.2 Å². The molecule has 0 saturated carbocycles. The quantitative estimate of drug-likeness (QED) is 0.820. The zero-order chi connectivity index (χ0) is 13.5. The third-order valence-electron chi connectivity index (χ3n) is 3.23. The summed E-state index contributed by atoms with van der Waals surface area (Å²) in [5, 5.41) is 3.32. The molecule has 1 aromatic heterocycles. The molecule has 1 fully saturated rings. The van der Waals surface area contributed by atoms with Gasteiger partial charge in [0.15, 0.2) is 0 Å². The normalized spacial score (nSPS) is 18.5. The molecule has 0 spiro atoms. The highest BCUT2D eigenvalue weighted by Gasteiger charge is 2.18. The van der Waals surface area contributed by atoms with Gasteiger partial charge in [-0.15, -0.1) is 0 Å². The smallest absolute Gasteiger partial charge is 0.221 e. The van der Waals surface area contributed by atoms with Crippen LogP contribution in [0.15, 0.2) is 6.33 Å². The van der Waals surface area contributed by atoms with E-state index < -0.39 is 0 Å². The molecule has 0 aromatic carbocycles. The molecule has 1 aliphatic heterocycles. The van der Waals surface area contributed by atoms with Gasteiger partial charge in [-0.05, 0) is 25.7 Å². The van der Waals surface area contributed by atoms with Gasteiger partial charge in [-0.25, -0.2) is 9.97 Å². The van der Waals surface area contributed by atoms with E-state index in [0.29, 0.717) is 12.5 Å². The Morgan fingerprint density at radius 1 is 1.42 bits per heavy atom. The molecule has 0 aliphatic carbocycles. The highest BCUT2D eigenvalue weighted by atomic mass is 16.5. The minimum absolute atomic E-state index is 0.215. The van der Waals surface area contributed by atoms with Gasteiger partial charge >= 0.3 is 0 Å². The van der Waals surface area contributed by atoms with E-state index >= 15 is 0 Å². The van der Waals surface area contributed by atoms with Gasteiger partial charge in [0.25, 0.3) is 0 Å². The molecule has 2 rings (SSSR count). The molecule has 0 bridgehead atoms. The molecule has 106 valence electrons. The van der Waals surface area contributed by atoms with Gasteiger partial charge in [-0.1, -0.05) is 13.8 Å². The van der Waals surface area contributed by atoms with Crippen LogP contribution in [0.2, 0.25) is 0 Å². The molecule has 5 nitrogen and oxygen atoms in total. The Bertz CT molecular complexity index is 392. The van der Waals surface area contributed by atoms with E-state index in [2.05, 4.69) is 29.1 Å². The maximum atomic E-state index is 5.82. The van der Waals surface area contributed by atoms with Crippen LogP contribution in [0, 0.1) is 0 Å². The Morgan fingerprint density at radius 3 is 3.00 bits per heavy atom. The lowest BCUT2D eigenvalue weighted by atomic mass is 10.2. The van der Waals surface area contributed by atoms with E-state index in [4.69, 9.17) is 9.47 Å². The highest BCUT2D eigenvalue weighted by molar-refractivity contribution is 5.48. The summed E-state index contributed by atoms with van der Waals surface area (Å²) in [5.41, 5.74) is 1.05. The number of nitrogens with zero attached hydrogens (tertiary/aromatic N) is 2. The van der Waals surface area contributed by atoms with Crippen molar-refractivity contribution < 1.29 is 9.47 Å². The van der Waals surface area contributed by atoms with Gasteiger partial charge in [0.2, 0.25) is 5.88 Å². The van der Waals surface area contributed by atoms with E-state index in [0.717, 1.165) is 50.2 Å². The van der Waals surface area contributed by atoms with E-state index in [1.54, 1.807) is 6.33 Å². The summed E-state index contributed by atoms with van der Waals surface area (Å²) < 4.78 is 11.4. The van der Waals surface area contributed by atoms with Crippen molar-refractivity contribution in [1.29, 1.82) is 0 Å². The van der Waals surface area contributed by atoms with Crippen molar-refractivity contribution >= 4 is 5.82 Å². The molecule has 1 aromatic rings. The van der Waals surface area contributed by atoms with Crippen LogP contribution >= 0.6 is 0 Å². The van der Waals surface area contributed by atoms with Crippen molar-refractivity contribution in [2.45, 2.75) is 45.6 Å². The zero-order valence-electron chi connectivity index (χ0n) is 11.8. The summed E-state index contributed by atoms with van der Waals surface area (Å²) in [6.45, 7) is 6.57. The molecule has 0 radical (unpaired) electrons. The molecule has 1 saturated heterocycles. The molecule has 1 aliphatic rings. The van der Waals surface area contributed by atoms with E-state index in [9.17, 15) is 0 Å². The number of anilines is 1. The number of ether oxygens (including phenoxy) is 2. The largest absolute Gasteiger partial charge is 0.475 e. The third kappa shape index (κ3) is 3.80.